The van der Waals surface area contributed by atoms with Gasteiger partial charge in [-0.05, 0) is 44.4 Å². The van der Waals surface area contributed by atoms with E-state index in [1.807, 2.05) is 13.8 Å². The minimum atomic E-state index is -3.78. The van der Waals surface area contributed by atoms with Gasteiger partial charge in [0.05, 0.1) is 11.3 Å². The summed E-state index contributed by atoms with van der Waals surface area (Å²) in [7, 11) is -3.78. The number of carboxylic acid groups (broad SMARTS) is 1. The maximum atomic E-state index is 12.8. The molecule has 1 aromatic carbocycles. The zero-order chi connectivity index (χ0) is 17.7. The Morgan fingerprint density at radius 1 is 1.29 bits per heavy atom. The number of hydrogen-bond donors (Lipinski definition) is 3. The molecule has 3 N–H and O–H groups in total. The normalized spacial score (nSPS) is 17.4. The van der Waals surface area contributed by atoms with Gasteiger partial charge in [0.15, 0.2) is 0 Å². The topological polar surface area (TPSA) is 95.5 Å². The monoisotopic (exact) mass is 354 g/mol. The molecule has 0 bridgehead atoms. The number of aromatic carboxylic acids is 1. The van der Waals surface area contributed by atoms with Gasteiger partial charge in [0, 0.05) is 12.1 Å². The fourth-order valence-electron chi connectivity index (χ4n) is 2.87. The summed E-state index contributed by atoms with van der Waals surface area (Å²) in [5.74, 6) is -1.14. The van der Waals surface area contributed by atoms with Crippen LogP contribution in [-0.2, 0) is 10.0 Å². The van der Waals surface area contributed by atoms with Crippen molar-refractivity contribution in [3.05, 3.63) is 23.8 Å². The molecule has 24 heavy (non-hydrogen) atoms. The highest BCUT2D eigenvalue weighted by molar-refractivity contribution is 7.89. The van der Waals surface area contributed by atoms with Crippen LogP contribution in [0.5, 0.6) is 0 Å². The Balaban J connectivity index is 2.35. The zero-order valence-corrected chi connectivity index (χ0v) is 15.0. The molecule has 1 fully saturated rings. The molecule has 2 rings (SSSR count). The Kier molecular flexibility index (Phi) is 6.23. The van der Waals surface area contributed by atoms with Crippen LogP contribution < -0.4 is 10.0 Å². The minimum absolute atomic E-state index is 0.00766. The molecule has 0 aliphatic heterocycles. The average Bonchev–Trinajstić information content (AvgIpc) is 2.55. The zero-order valence-electron chi connectivity index (χ0n) is 14.2. The van der Waals surface area contributed by atoms with Crippen LogP contribution in [0.4, 0.5) is 5.69 Å². The molecule has 0 amide bonds. The summed E-state index contributed by atoms with van der Waals surface area (Å²) in [5, 5.41) is 12.3. The molecule has 1 aliphatic carbocycles. The fourth-order valence-corrected chi connectivity index (χ4v) is 4.37. The third kappa shape index (κ3) is 4.70. The maximum absolute atomic E-state index is 12.8. The van der Waals surface area contributed by atoms with Crippen molar-refractivity contribution in [2.45, 2.75) is 69.4 Å². The fraction of sp³-hybridized carbons (Fsp3) is 0.588. The van der Waals surface area contributed by atoms with Crippen LogP contribution in [0.2, 0.25) is 0 Å². The predicted octanol–water partition coefficient (Wildman–Crippen LogP) is 3.21. The second kappa shape index (κ2) is 7.98. The Morgan fingerprint density at radius 2 is 1.96 bits per heavy atom. The number of hydrogen-bond acceptors (Lipinski definition) is 4. The highest BCUT2D eigenvalue weighted by Gasteiger charge is 2.25. The largest absolute Gasteiger partial charge is 0.478 e. The lowest BCUT2D eigenvalue weighted by Crippen LogP contribution is -2.36. The van der Waals surface area contributed by atoms with E-state index >= 15 is 0 Å². The third-order valence-electron chi connectivity index (χ3n) is 4.46. The Morgan fingerprint density at radius 3 is 2.54 bits per heavy atom. The van der Waals surface area contributed by atoms with E-state index in [2.05, 4.69) is 10.0 Å². The first-order valence-electron chi connectivity index (χ1n) is 8.49. The lowest BCUT2D eigenvalue weighted by molar-refractivity contribution is 0.0696. The molecule has 0 unspecified atom stereocenters. The van der Waals surface area contributed by atoms with Gasteiger partial charge < -0.3 is 10.4 Å². The third-order valence-corrected chi connectivity index (χ3v) is 6.02. The molecule has 1 aliphatic rings. The first-order valence-corrected chi connectivity index (χ1v) is 9.98. The number of carbonyl (C=O) groups is 1. The van der Waals surface area contributed by atoms with E-state index in [0.717, 1.165) is 38.5 Å². The molecule has 1 aromatic rings. The van der Waals surface area contributed by atoms with Crippen molar-refractivity contribution in [3.63, 3.8) is 0 Å². The molecule has 1 saturated carbocycles. The molecule has 134 valence electrons. The summed E-state index contributed by atoms with van der Waals surface area (Å²) in [5.41, 5.74) is 0.409. The summed E-state index contributed by atoms with van der Waals surface area (Å²) in [6.45, 7) is 3.95. The van der Waals surface area contributed by atoms with Crippen molar-refractivity contribution in [2.75, 3.05) is 5.32 Å². The van der Waals surface area contributed by atoms with E-state index in [1.54, 1.807) is 0 Å². The van der Waals surface area contributed by atoms with Crippen molar-refractivity contribution in [1.82, 2.24) is 4.72 Å². The van der Waals surface area contributed by atoms with Crippen LogP contribution in [0.1, 0.15) is 62.7 Å². The first-order chi connectivity index (χ1) is 11.3. The van der Waals surface area contributed by atoms with Gasteiger partial charge in [-0.25, -0.2) is 17.9 Å². The number of rotatable bonds is 7. The van der Waals surface area contributed by atoms with Crippen molar-refractivity contribution < 1.29 is 18.3 Å². The second-order valence-electron chi connectivity index (χ2n) is 6.43. The molecule has 0 heterocycles. The highest BCUT2D eigenvalue weighted by atomic mass is 32.2. The minimum Gasteiger partial charge on any atom is -0.478 e. The van der Waals surface area contributed by atoms with Gasteiger partial charge >= 0.3 is 5.97 Å². The van der Waals surface area contributed by atoms with Gasteiger partial charge in [-0.2, -0.15) is 0 Å². The van der Waals surface area contributed by atoms with E-state index in [1.165, 1.54) is 18.2 Å². The van der Waals surface area contributed by atoms with Crippen LogP contribution in [-0.4, -0.2) is 31.6 Å². The van der Waals surface area contributed by atoms with Crippen LogP contribution in [0.3, 0.4) is 0 Å². The summed E-state index contributed by atoms with van der Waals surface area (Å²) in [6, 6.07) is 4.20. The van der Waals surface area contributed by atoms with Gasteiger partial charge in [0.25, 0.3) is 0 Å². The standard InChI is InChI=1S/C17H26N2O4S/c1-3-12(2)18-15-10-9-13(17(20)21)11-16(15)24(22,23)19-14-7-5-4-6-8-14/h9-12,14,18-19H,3-8H2,1-2H3,(H,20,21)/t12-/m0/s1. The van der Waals surface area contributed by atoms with E-state index in [-0.39, 0.29) is 22.5 Å². The van der Waals surface area contributed by atoms with Gasteiger partial charge in [-0.3, -0.25) is 0 Å². The van der Waals surface area contributed by atoms with Gasteiger partial charge in [0.2, 0.25) is 10.0 Å². The Labute approximate surface area is 143 Å². The average molecular weight is 354 g/mol. The lowest BCUT2D eigenvalue weighted by Gasteiger charge is -2.24. The number of nitrogens with one attached hydrogen (secondary N) is 2. The molecule has 0 radical (unpaired) electrons. The van der Waals surface area contributed by atoms with Crippen molar-refractivity contribution in [2.24, 2.45) is 0 Å². The SMILES string of the molecule is CC[C@H](C)Nc1ccc(C(=O)O)cc1S(=O)(=O)NC1CCCCC1. The van der Waals surface area contributed by atoms with E-state index in [4.69, 9.17) is 0 Å². The molecule has 7 heteroatoms. The summed E-state index contributed by atoms with van der Waals surface area (Å²) in [6.07, 6.45) is 5.64. The van der Waals surface area contributed by atoms with E-state index in [0.29, 0.717) is 5.69 Å². The molecule has 0 saturated heterocycles. The van der Waals surface area contributed by atoms with Crippen LogP contribution in [0.15, 0.2) is 23.1 Å². The molecular formula is C17H26N2O4S. The summed E-state index contributed by atoms with van der Waals surface area (Å²) in [4.78, 5) is 11.2. The van der Waals surface area contributed by atoms with Crippen molar-refractivity contribution in [1.29, 1.82) is 0 Å². The smallest absolute Gasteiger partial charge is 0.335 e. The second-order valence-corrected chi connectivity index (χ2v) is 8.11. The van der Waals surface area contributed by atoms with Gasteiger partial charge in [0.1, 0.15) is 4.90 Å². The molecule has 1 atom stereocenters. The van der Waals surface area contributed by atoms with Crippen LogP contribution in [0.25, 0.3) is 0 Å². The Hall–Kier alpha value is -1.60. The molecule has 6 nitrogen and oxygen atoms in total. The highest BCUT2D eigenvalue weighted by Crippen LogP contribution is 2.26. The molecule has 0 aromatic heterocycles. The number of carboxylic acids is 1. The quantitative estimate of drug-likeness (QED) is 0.699. The van der Waals surface area contributed by atoms with E-state index in [9.17, 15) is 18.3 Å². The number of anilines is 1. The van der Waals surface area contributed by atoms with Crippen molar-refractivity contribution in [3.8, 4) is 0 Å². The predicted molar refractivity (Wildman–Crippen MR) is 94.0 cm³/mol. The molecule has 0 spiro atoms. The van der Waals surface area contributed by atoms with Crippen molar-refractivity contribution >= 4 is 21.7 Å². The number of benzene rings is 1. The van der Waals surface area contributed by atoms with Crippen LogP contribution in [0, 0.1) is 0 Å². The number of sulfonamides is 1. The lowest BCUT2D eigenvalue weighted by atomic mass is 9.96. The van der Waals surface area contributed by atoms with Gasteiger partial charge in [-0.1, -0.05) is 26.2 Å². The summed E-state index contributed by atoms with van der Waals surface area (Å²) >= 11 is 0. The Bertz CT molecular complexity index is 682. The maximum Gasteiger partial charge on any atom is 0.335 e. The molecular weight excluding hydrogens is 328 g/mol. The first kappa shape index (κ1) is 18.7. The van der Waals surface area contributed by atoms with E-state index < -0.39 is 16.0 Å². The van der Waals surface area contributed by atoms with Crippen LogP contribution >= 0.6 is 0 Å². The van der Waals surface area contributed by atoms with Gasteiger partial charge in [-0.15, -0.1) is 0 Å². The summed E-state index contributed by atoms with van der Waals surface area (Å²) < 4.78 is 28.4.